The number of aromatic nitrogens is 6. The van der Waals surface area contributed by atoms with E-state index >= 15 is 0 Å². The average Bonchev–Trinajstić information content (AvgIpc) is 2.19. The van der Waals surface area contributed by atoms with E-state index in [0.29, 0.717) is 45.9 Å². The van der Waals surface area contributed by atoms with Gasteiger partial charge in [-0.05, 0) is 52.0 Å². The number of phosphoric acid groups is 2. The molecule has 0 saturated heterocycles. The van der Waals surface area contributed by atoms with Gasteiger partial charge in [0, 0.05) is 35.6 Å². The van der Waals surface area contributed by atoms with Crippen LogP contribution in [0.2, 0.25) is 0 Å². The summed E-state index contributed by atoms with van der Waals surface area (Å²) in [7, 11) is -2.08. The third-order valence-electron chi connectivity index (χ3n) is 11.0. The van der Waals surface area contributed by atoms with E-state index in [1.165, 1.54) is 94.6 Å². The Balaban J connectivity index is 0.000000420. The van der Waals surface area contributed by atoms with Crippen molar-refractivity contribution in [1.29, 1.82) is 0 Å². The lowest BCUT2D eigenvalue weighted by Crippen LogP contribution is -2.53. The number of fused-ring (bicyclic) bond motifs is 2. The van der Waals surface area contributed by atoms with Gasteiger partial charge in [0.25, 0.3) is 11.8 Å². The smallest absolute Gasteiger partial charge is 0.273 e. The fraction of sp³-hybridized carbons (Fsp3) is 0.360. The Labute approximate surface area is 482 Å². The highest BCUT2D eigenvalue weighted by molar-refractivity contribution is 7.43. The molecule has 84 heavy (non-hydrogen) atoms. The second-order valence-corrected chi connectivity index (χ2v) is 19.6. The summed E-state index contributed by atoms with van der Waals surface area (Å²) in [5.74, 6) is -1.61. The first kappa shape index (κ1) is 69.8. The zero-order chi connectivity index (χ0) is 58.5. The number of rotatable bonds is 20. The molecule has 0 bridgehead atoms. The Morgan fingerprint density at radius 3 is 1.13 bits per heavy atom. The second-order valence-electron chi connectivity index (χ2n) is 17.2. The number of halogens is 2. The molecule has 34 heteroatoms. The van der Waals surface area contributed by atoms with Crippen molar-refractivity contribution >= 4 is 85.6 Å². The van der Waals surface area contributed by atoms with Crippen LogP contribution in [0, 0.1) is 11.6 Å². The Morgan fingerprint density at radius 1 is 0.524 bits per heavy atom. The second kappa shape index (κ2) is 28.2. The van der Waals surface area contributed by atoms with Crippen LogP contribution < -0.4 is 88.5 Å². The molecule has 460 valence electrons. The zero-order valence-corrected chi connectivity index (χ0v) is 45.6. The minimum absolute atomic E-state index is 0. The molecule has 2 aromatic carbocycles. The molecule has 8 rings (SSSR count). The summed E-state index contributed by atoms with van der Waals surface area (Å²) >= 11 is 0. The van der Waals surface area contributed by atoms with Gasteiger partial charge in [-0.3, -0.25) is 19.4 Å². The molecule has 6 heterocycles. The van der Waals surface area contributed by atoms with Crippen LogP contribution in [0.4, 0.5) is 67.0 Å². The number of nitrogens with one attached hydrogen (secondary N) is 4. The third-order valence-corrected chi connectivity index (χ3v) is 11.8. The molecule has 4 aromatic heterocycles. The van der Waals surface area contributed by atoms with E-state index in [-0.39, 0.29) is 88.0 Å². The molecule has 0 saturated carbocycles. The minimum Gasteiger partial charge on any atom is -0.790 e. The Kier molecular flexibility index (Phi) is 23.4. The summed E-state index contributed by atoms with van der Waals surface area (Å²) in [4.78, 5) is 96.1. The molecular formula is C50H64F2N12O18P2-4. The van der Waals surface area contributed by atoms with Crippen LogP contribution >= 0.6 is 15.6 Å². The topological polar surface area (TPSA) is 385 Å². The van der Waals surface area contributed by atoms with Gasteiger partial charge < -0.3 is 96.9 Å². The number of carbonyl (C=O) groups is 2. The van der Waals surface area contributed by atoms with Crippen LogP contribution in [0.5, 0.6) is 46.0 Å². The fourth-order valence-corrected chi connectivity index (χ4v) is 7.88. The van der Waals surface area contributed by atoms with Gasteiger partial charge in [0.1, 0.15) is 25.1 Å². The molecular weight excluding hydrogens is 1160 g/mol. The lowest BCUT2D eigenvalue weighted by molar-refractivity contribution is -0.343. The number of nitrogens with zero attached hydrogens (tertiary/aromatic N) is 8. The van der Waals surface area contributed by atoms with Crippen LogP contribution in [0.15, 0.2) is 60.9 Å². The zero-order valence-electron chi connectivity index (χ0n) is 43.8. The van der Waals surface area contributed by atoms with E-state index in [4.69, 9.17) is 37.9 Å². The normalized spacial score (nSPS) is 13.5. The van der Waals surface area contributed by atoms with Gasteiger partial charge in [0.15, 0.2) is 80.6 Å². The molecule has 0 fully saturated rings. The maximum atomic E-state index is 14.7. The lowest BCUT2D eigenvalue weighted by atomic mass is 10.1. The van der Waals surface area contributed by atoms with Crippen molar-refractivity contribution in [1.82, 2.24) is 29.9 Å². The number of carbonyl (C=O) groups excluding carboxylic acids is 2. The van der Waals surface area contributed by atoms with Gasteiger partial charge >= 0.3 is 0 Å². The number of amides is 2. The molecule has 0 unspecified atom stereocenters. The summed E-state index contributed by atoms with van der Waals surface area (Å²) in [5, 5.41) is 11.2. The summed E-state index contributed by atoms with van der Waals surface area (Å²) in [5.41, 5.74) is -1.92. The largest absolute Gasteiger partial charge is 0.790 e. The number of benzene rings is 2. The fourth-order valence-electron chi connectivity index (χ4n) is 7.37. The maximum Gasteiger partial charge on any atom is 0.273 e. The monoisotopic (exact) mass is 1220 g/mol. The first-order valence-electron chi connectivity index (χ1n) is 22.8. The minimum atomic E-state index is -5.41. The van der Waals surface area contributed by atoms with E-state index in [2.05, 4.69) is 60.2 Å². The van der Waals surface area contributed by atoms with Gasteiger partial charge in [-0.15, -0.1) is 0 Å². The molecule has 4 N–H and O–H groups in total. The van der Waals surface area contributed by atoms with Crippen molar-refractivity contribution in [3.8, 4) is 46.0 Å². The van der Waals surface area contributed by atoms with Gasteiger partial charge in [0.05, 0.1) is 70.7 Å². The summed E-state index contributed by atoms with van der Waals surface area (Å²) in [6, 6.07) is 12.1. The lowest BCUT2D eigenvalue weighted by Gasteiger charge is -2.39. The average molecular weight is 1220 g/mol. The van der Waals surface area contributed by atoms with Gasteiger partial charge in [-0.1, -0.05) is 29.7 Å². The molecule has 6 aromatic rings. The Morgan fingerprint density at radius 2 is 0.845 bits per heavy atom. The number of phosphoric ester groups is 2. The predicted molar refractivity (Wildman–Crippen MR) is 296 cm³/mol. The van der Waals surface area contributed by atoms with Crippen LogP contribution in [0.1, 0.15) is 57.4 Å². The molecule has 0 atom stereocenters. The van der Waals surface area contributed by atoms with Crippen molar-refractivity contribution in [2.45, 2.75) is 68.6 Å². The molecule has 2 aliphatic rings. The summed E-state index contributed by atoms with van der Waals surface area (Å²) in [6.45, 7) is 3.94. The van der Waals surface area contributed by atoms with E-state index in [0.717, 1.165) is 22.2 Å². The Hall–Kier alpha value is -8.48. The van der Waals surface area contributed by atoms with Crippen LogP contribution in [0.25, 0.3) is 0 Å². The first-order chi connectivity index (χ1) is 37.7. The molecule has 30 nitrogen and oxygen atoms in total. The quantitative estimate of drug-likeness (QED) is 0.0617. The van der Waals surface area contributed by atoms with E-state index in [1.54, 1.807) is 24.3 Å². The van der Waals surface area contributed by atoms with Crippen LogP contribution in [0.3, 0.4) is 0 Å². The maximum absolute atomic E-state index is 14.7. The van der Waals surface area contributed by atoms with Crippen molar-refractivity contribution < 1.29 is 94.0 Å². The van der Waals surface area contributed by atoms with E-state index in [1.807, 2.05) is 0 Å². The standard InChI is InChI=1S/2C23H26FN6O9P.4CH4/c2*1-23(2)21(31)30(11-38-40(32,33)34)20-14(39-23)6-7-17(28-20)27-19-13(24)10-25-22(29-19)26-12-8-15(35-3)18(37-5)16(9-12)36-4;;;;/h2*6-10H,11H2,1-5H3,(H2,32,33,34)(H2,25,26,27,28,29);4*1H4/p-4. The van der Waals surface area contributed by atoms with E-state index in [9.17, 15) is 47.1 Å². The van der Waals surface area contributed by atoms with Gasteiger partial charge in [-0.25, -0.2) is 28.7 Å². The van der Waals surface area contributed by atoms with Crippen molar-refractivity contribution in [2.75, 3.05) is 87.2 Å². The van der Waals surface area contributed by atoms with E-state index < -0.39 is 63.8 Å². The van der Waals surface area contributed by atoms with Crippen molar-refractivity contribution in [3.63, 3.8) is 0 Å². The molecule has 2 aliphatic heterocycles. The molecule has 2 amide bonds. The van der Waals surface area contributed by atoms with Gasteiger partial charge in [-0.2, -0.15) is 9.97 Å². The number of hydrogen-bond acceptors (Lipinski definition) is 28. The highest BCUT2D eigenvalue weighted by Crippen LogP contribution is 2.44. The van der Waals surface area contributed by atoms with Crippen molar-refractivity contribution in [2.24, 2.45) is 0 Å². The molecule has 0 radical (unpaired) electrons. The molecule has 0 aliphatic carbocycles. The Bertz CT molecular complexity index is 3140. The number of ether oxygens (including phenoxy) is 8. The third kappa shape index (κ3) is 16.4. The van der Waals surface area contributed by atoms with Crippen LogP contribution in [-0.2, 0) is 27.8 Å². The molecule has 0 spiro atoms. The van der Waals surface area contributed by atoms with Crippen molar-refractivity contribution in [3.05, 3.63) is 72.6 Å². The predicted octanol–water partition coefficient (Wildman–Crippen LogP) is 6.21. The summed E-state index contributed by atoms with van der Waals surface area (Å²) < 4.78 is 103. The number of pyridine rings is 2. The highest BCUT2D eigenvalue weighted by Gasteiger charge is 2.43. The highest BCUT2D eigenvalue weighted by atomic mass is 31.2. The first-order valence-corrected chi connectivity index (χ1v) is 25.7. The number of anilines is 10. The number of hydrogen-bond donors (Lipinski definition) is 4. The van der Waals surface area contributed by atoms with Crippen LogP contribution in [-0.4, -0.2) is 109 Å². The van der Waals surface area contributed by atoms with Gasteiger partial charge in [0.2, 0.25) is 23.4 Å². The number of methoxy groups -OCH3 is 6. The SMILES string of the molecule is C.C.C.C.COc1cc(Nc2ncc(F)c(Nc3ccc4c(n3)N(COP(=O)([O-])[O-])C(=O)C(C)(C)O4)n2)cc(OC)c1OC.COc1cc(Nc2ncc(F)c(Nc3ccc4c(n3)N(COP(=O)([O-])[O-])C(=O)C(C)(C)O4)n2)cc(OC)c1OC. The summed E-state index contributed by atoms with van der Waals surface area (Å²) in [6.07, 6.45) is 1.84.